The van der Waals surface area contributed by atoms with Crippen molar-refractivity contribution in [3.63, 3.8) is 0 Å². The molecule has 102 valence electrons. The van der Waals surface area contributed by atoms with Crippen LogP contribution in [0.2, 0.25) is 0 Å². The van der Waals surface area contributed by atoms with Gasteiger partial charge in [-0.2, -0.15) is 0 Å². The molecule has 1 aromatic rings. The fraction of sp³-hybridized carbons (Fsp3) is 0.500. The Morgan fingerprint density at radius 3 is 2.74 bits per heavy atom. The molecule has 1 heterocycles. The topological polar surface area (TPSA) is 37.4 Å². The number of nitrogens with zero attached hydrogens (tertiary/aromatic N) is 1. The van der Waals surface area contributed by atoms with Gasteiger partial charge in [-0.15, -0.1) is 0 Å². The van der Waals surface area contributed by atoms with E-state index >= 15 is 0 Å². The summed E-state index contributed by atoms with van der Waals surface area (Å²) in [4.78, 5) is 25.1. The molecule has 0 radical (unpaired) electrons. The molecule has 19 heavy (non-hydrogen) atoms. The molecule has 0 atom stereocenters. The number of carbonyl (C=O) groups is 2. The normalized spacial score (nSPS) is 15.7. The van der Waals surface area contributed by atoms with E-state index in [1.54, 1.807) is 4.90 Å². The summed E-state index contributed by atoms with van der Waals surface area (Å²) >= 11 is 0. The van der Waals surface area contributed by atoms with Crippen LogP contribution >= 0.6 is 0 Å². The molecule has 1 amide bonds. The first-order chi connectivity index (χ1) is 9.06. The van der Waals surface area contributed by atoms with Crippen LogP contribution < -0.4 is 0 Å². The fourth-order valence-electron chi connectivity index (χ4n) is 2.42. The lowest BCUT2D eigenvalue weighted by atomic mass is 10.0. The molecular weight excluding hydrogens is 238 g/mol. The van der Waals surface area contributed by atoms with E-state index in [4.69, 9.17) is 0 Å². The molecule has 0 bridgehead atoms. The monoisotopic (exact) mass is 259 g/mol. The summed E-state index contributed by atoms with van der Waals surface area (Å²) in [7, 11) is 0. The third kappa shape index (κ3) is 3.66. The number of piperidine rings is 1. The van der Waals surface area contributed by atoms with Crippen molar-refractivity contribution < 1.29 is 9.59 Å². The zero-order chi connectivity index (χ0) is 13.8. The van der Waals surface area contributed by atoms with E-state index in [-0.39, 0.29) is 11.7 Å². The van der Waals surface area contributed by atoms with Crippen molar-refractivity contribution in [2.24, 2.45) is 0 Å². The van der Waals surface area contributed by atoms with E-state index in [0.717, 1.165) is 19.4 Å². The van der Waals surface area contributed by atoms with Crippen LogP contribution in [0, 0.1) is 13.8 Å². The van der Waals surface area contributed by atoms with Crippen LogP contribution in [-0.2, 0) is 16.0 Å². The third-order valence-corrected chi connectivity index (χ3v) is 3.80. The second-order valence-corrected chi connectivity index (χ2v) is 5.38. The summed E-state index contributed by atoms with van der Waals surface area (Å²) in [5.74, 6) is 0.289. The average Bonchev–Trinajstić information content (AvgIpc) is 2.40. The van der Waals surface area contributed by atoms with E-state index in [2.05, 4.69) is 32.0 Å². The molecule has 0 aromatic heterocycles. The molecule has 1 aliphatic heterocycles. The van der Waals surface area contributed by atoms with Crippen LogP contribution in [0.4, 0.5) is 0 Å². The highest BCUT2D eigenvalue weighted by Crippen LogP contribution is 2.13. The molecule has 0 spiro atoms. The van der Waals surface area contributed by atoms with Crippen LogP contribution in [0.15, 0.2) is 18.2 Å². The molecule has 3 heteroatoms. The molecule has 0 aliphatic carbocycles. The van der Waals surface area contributed by atoms with E-state index in [9.17, 15) is 9.59 Å². The predicted octanol–water partition coefficient (Wildman–Crippen LogP) is 2.43. The summed E-state index contributed by atoms with van der Waals surface area (Å²) in [6, 6.07) is 6.32. The maximum Gasteiger partial charge on any atom is 0.223 e. The van der Waals surface area contributed by atoms with Gasteiger partial charge in [0.1, 0.15) is 0 Å². The van der Waals surface area contributed by atoms with Crippen molar-refractivity contribution >= 4 is 11.7 Å². The third-order valence-electron chi connectivity index (χ3n) is 3.80. The highest BCUT2D eigenvalue weighted by molar-refractivity contribution is 5.87. The van der Waals surface area contributed by atoms with E-state index in [1.165, 1.54) is 16.7 Å². The van der Waals surface area contributed by atoms with Crippen molar-refractivity contribution in [1.82, 2.24) is 4.90 Å². The minimum Gasteiger partial charge on any atom is -0.335 e. The van der Waals surface area contributed by atoms with Crippen LogP contribution in [-0.4, -0.2) is 29.7 Å². The Bertz CT molecular complexity index is 494. The van der Waals surface area contributed by atoms with E-state index in [1.807, 2.05) is 0 Å². The number of hydrogen-bond donors (Lipinski definition) is 0. The number of rotatable bonds is 3. The summed E-state index contributed by atoms with van der Waals surface area (Å²) in [5.41, 5.74) is 3.73. The zero-order valence-electron chi connectivity index (χ0n) is 11.7. The van der Waals surface area contributed by atoms with Crippen LogP contribution in [0.1, 0.15) is 36.0 Å². The molecule has 2 rings (SSSR count). The Morgan fingerprint density at radius 1 is 1.26 bits per heavy atom. The summed E-state index contributed by atoms with van der Waals surface area (Å²) in [6.07, 6.45) is 2.69. The number of benzene rings is 1. The molecule has 0 N–H and O–H groups in total. The number of aryl methyl sites for hydroxylation is 3. The standard InChI is InChI=1S/C16H21NO2/c1-12-5-6-14(10-13(12)2)7-8-16(19)17-9-3-4-15(18)11-17/h5-6,10H,3-4,7-9,11H2,1-2H3. The SMILES string of the molecule is Cc1ccc(CCC(=O)N2CCCC(=O)C2)cc1C. The number of hydrogen-bond acceptors (Lipinski definition) is 2. The van der Waals surface area contributed by atoms with Gasteiger partial charge in [-0.1, -0.05) is 18.2 Å². The summed E-state index contributed by atoms with van der Waals surface area (Å²) in [5, 5.41) is 0. The largest absolute Gasteiger partial charge is 0.335 e. The molecule has 0 unspecified atom stereocenters. The van der Waals surface area contributed by atoms with Gasteiger partial charge in [-0.05, 0) is 43.4 Å². The molecule has 1 saturated heterocycles. The first-order valence-electron chi connectivity index (χ1n) is 6.92. The summed E-state index contributed by atoms with van der Waals surface area (Å²) in [6.45, 7) is 5.22. The molecule has 1 aromatic carbocycles. The lowest BCUT2D eigenvalue weighted by molar-refractivity contribution is -0.137. The highest BCUT2D eigenvalue weighted by atomic mass is 16.2. The van der Waals surface area contributed by atoms with Gasteiger partial charge in [0.25, 0.3) is 0 Å². The van der Waals surface area contributed by atoms with E-state index in [0.29, 0.717) is 19.4 Å². The fourth-order valence-corrected chi connectivity index (χ4v) is 2.42. The second kappa shape index (κ2) is 6.00. The van der Waals surface area contributed by atoms with Gasteiger partial charge in [0.15, 0.2) is 5.78 Å². The Hall–Kier alpha value is -1.64. The number of carbonyl (C=O) groups excluding carboxylic acids is 2. The molecule has 0 saturated carbocycles. The molecular formula is C16H21NO2. The highest BCUT2D eigenvalue weighted by Gasteiger charge is 2.20. The maximum absolute atomic E-state index is 12.0. The van der Waals surface area contributed by atoms with Crippen LogP contribution in [0.5, 0.6) is 0 Å². The number of ketones is 1. The zero-order valence-corrected chi connectivity index (χ0v) is 11.7. The van der Waals surface area contributed by atoms with Gasteiger partial charge >= 0.3 is 0 Å². The maximum atomic E-state index is 12.0. The lowest BCUT2D eigenvalue weighted by Crippen LogP contribution is -2.40. The van der Waals surface area contributed by atoms with Gasteiger partial charge in [0.05, 0.1) is 6.54 Å². The van der Waals surface area contributed by atoms with Gasteiger partial charge in [-0.3, -0.25) is 9.59 Å². The molecule has 3 nitrogen and oxygen atoms in total. The van der Waals surface area contributed by atoms with Crippen molar-refractivity contribution in [3.05, 3.63) is 34.9 Å². The second-order valence-electron chi connectivity index (χ2n) is 5.38. The summed E-state index contributed by atoms with van der Waals surface area (Å²) < 4.78 is 0. The van der Waals surface area contributed by atoms with Gasteiger partial charge in [0.2, 0.25) is 5.91 Å². The van der Waals surface area contributed by atoms with Crippen molar-refractivity contribution in [1.29, 1.82) is 0 Å². The number of Topliss-reactive ketones (excluding diaryl/α,β-unsaturated/α-hetero) is 1. The average molecular weight is 259 g/mol. The van der Waals surface area contributed by atoms with Crippen molar-refractivity contribution in [2.45, 2.75) is 39.5 Å². The first-order valence-corrected chi connectivity index (χ1v) is 6.92. The quantitative estimate of drug-likeness (QED) is 0.836. The number of amides is 1. The lowest BCUT2D eigenvalue weighted by Gasteiger charge is -2.25. The minimum absolute atomic E-state index is 0.103. The first kappa shape index (κ1) is 13.8. The Balaban J connectivity index is 1.89. The van der Waals surface area contributed by atoms with Crippen LogP contribution in [0.3, 0.4) is 0 Å². The van der Waals surface area contributed by atoms with Gasteiger partial charge in [-0.25, -0.2) is 0 Å². The van der Waals surface area contributed by atoms with Gasteiger partial charge in [0, 0.05) is 19.4 Å². The smallest absolute Gasteiger partial charge is 0.223 e. The van der Waals surface area contributed by atoms with Crippen LogP contribution in [0.25, 0.3) is 0 Å². The minimum atomic E-state index is 0.103. The Morgan fingerprint density at radius 2 is 2.05 bits per heavy atom. The molecule has 1 aliphatic rings. The Labute approximate surface area is 114 Å². The van der Waals surface area contributed by atoms with Gasteiger partial charge < -0.3 is 4.90 Å². The molecule has 1 fully saturated rings. The predicted molar refractivity (Wildman–Crippen MR) is 75.1 cm³/mol. The Kier molecular flexibility index (Phi) is 4.35. The van der Waals surface area contributed by atoms with Crippen molar-refractivity contribution in [3.8, 4) is 0 Å². The van der Waals surface area contributed by atoms with Crippen molar-refractivity contribution in [2.75, 3.05) is 13.1 Å². The number of likely N-dealkylation sites (tertiary alicyclic amines) is 1. The van der Waals surface area contributed by atoms with E-state index < -0.39 is 0 Å².